The Kier molecular flexibility index (Phi) is 5.15. The smallest absolute Gasteiger partial charge is 0.335 e. The third-order valence-corrected chi connectivity index (χ3v) is 3.46. The van der Waals surface area contributed by atoms with Crippen molar-refractivity contribution in [1.29, 1.82) is 5.26 Å². The number of rotatable bonds is 4. The fourth-order valence-electron chi connectivity index (χ4n) is 2.26. The van der Waals surface area contributed by atoms with Crippen molar-refractivity contribution in [3.8, 4) is 6.07 Å². The summed E-state index contributed by atoms with van der Waals surface area (Å²) in [6.45, 7) is 1.71. The lowest BCUT2D eigenvalue weighted by Gasteiger charge is -2.25. The molecule has 0 atom stereocenters. The molecule has 1 fully saturated rings. The summed E-state index contributed by atoms with van der Waals surface area (Å²) in [6.07, 6.45) is 4.90. The van der Waals surface area contributed by atoms with Crippen LogP contribution >= 0.6 is 0 Å². The molecule has 1 aromatic rings. The van der Waals surface area contributed by atoms with Crippen molar-refractivity contribution in [3.63, 3.8) is 0 Å². The summed E-state index contributed by atoms with van der Waals surface area (Å²) in [6, 6.07) is 7.71. The van der Waals surface area contributed by atoms with Crippen molar-refractivity contribution < 1.29 is 14.7 Å². The Morgan fingerprint density at radius 3 is 2.36 bits per heavy atom. The van der Waals surface area contributed by atoms with E-state index in [-0.39, 0.29) is 11.1 Å². The van der Waals surface area contributed by atoms with Crippen molar-refractivity contribution in [1.82, 2.24) is 4.90 Å². The first-order chi connectivity index (χ1) is 10.6. The van der Waals surface area contributed by atoms with Crippen LogP contribution in [0.3, 0.4) is 0 Å². The standard InChI is InChI=1S/C16H17N3O3/c17-10-13(11-19-8-2-1-3-9-19)15(20)18-14-6-4-12(5-7-14)16(21)22/h4-7,11H,1-3,8-9H2,(H,18,20)(H,21,22)/b13-11-. The van der Waals surface area contributed by atoms with E-state index in [2.05, 4.69) is 5.32 Å². The fraction of sp³-hybridized carbons (Fsp3) is 0.312. The SMILES string of the molecule is N#C/C(=C/N1CCCCC1)C(=O)Nc1ccc(C(=O)O)cc1. The lowest BCUT2D eigenvalue weighted by atomic mass is 10.1. The van der Waals surface area contributed by atoms with Crippen LogP contribution < -0.4 is 5.32 Å². The van der Waals surface area contributed by atoms with Gasteiger partial charge in [0.05, 0.1) is 5.56 Å². The van der Waals surface area contributed by atoms with Gasteiger partial charge in [0.25, 0.3) is 5.91 Å². The molecule has 1 heterocycles. The summed E-state index contributed by atoms with van der Waals surface area (Å²) in [4.78, 5) is 24.8. The zero-order chi connectivity index (χ0) is 15.9. The average Bonchev–Trinajstić information content (AvgIpc) is 2.54. The number of hydrogen-bond acceptors (Lipinski definition) is 4. The second-order valence-corrected chi connectivity index (χ2v) is 5.09. The molecule has 2 N–H and O–H groups in total. The van der Waals surface area contributed by atoms with Gasteiger partial charge in [0.15, 0.2) is 0 Å². The molecular weight excluding hydrogens is 282 g/mol. The maximum absolute atomic E-state index is 12.1. The molecule has 2 rings (SSSR count). The van der Waals surface area contributed by atoms with Gasteiger partial charge < -0.3 is 15.3 Å². The minimum absolute atomic E-state index is 0.0456. The van der Waals surface area contributed by atoms with Crippen molar-refractivity contribution >= 4 is 17.6 Å². The quantitative estimate of drug-likeness (QED) is 0.656. The highest BCUT2D eigenvalue weighted by molar-refractivity contribution is 6.06. The van der Waals surface area contributed by atoms with Crippen molar-refractivity contribution in [3.05, 3.63) is 41.6 Å². The van der Waals surface area contributed by atoms with E-state index in [9.17, 15) is 9.59 Å². The number of carbonyl (C=O) groups is 2. The first-order valence-corrected chi connectivity index (χ1v) is 7.11. The highest BCUT2D eigenvalue weighted by Gasteiger charge is 2.13. The van der Waals surface area contributed by atoms with E-state index in [4.69, 9.17) is 10.4 Å². The van der Waals surface area contributed by atoms with Gasteiger partial charge >= 0.3 is 5.97 Å². The van der Waals surface area contributed by atoms with Gasteiger partial charge in [0.2, 0.25) is 0 Å². The number of piperidine rings is 1. The van der Waals surface area contributed by atoms with Crippen LogP contribution in [0, 0.1) is 11.3 Å². The largest absolute Gasteiger partial charge is 0.478 e. The van der Waals surface area contributed by atoms with E-state index in [1.807, 2.05) is 11.0 Å². The Bertz CT molecular complexity index is 623. The summed E-state index contributed by atoms with van der Waals surface area (Å²) in [5, 5.41) is 20.6. The second kappa shape index (κ2) is 7.27. The van der Waals surface area contributed by atoms with Gasteiger partial charge in [-0.25, -0.2) is 4.79 Å². The Balaban J connectivity index is 2.04. The highest BCUT2D eigenvalue weighted by atomic mass is 16.4. The predicted octanol–water partition coefficient (Wildman–Crippen LogP) is 2.22. The lowest BCUT2D eigenvalue weighted by Crippen LogP contribution is -2.26. The van der Waals surface area contributed by atoms with Crippen molar-refractivity contribution in [2.24, 2.45) is 0 Å². The van der Waals surface area contributed by atoms with E-state index in [1.165, 1.54) is 30.7 Å². The molecule has 0 aromatic heterocycles. The van der Waals surface area contributed by atoms with Crippen molar-refractivity contribution in [2.45, 2.75) is 19.3 Å². The molecule has 0 bridgehead atoms. The highest BCUT2D eigenvalue weighted by Crippen LogP contribution is 2.13. The second-order valence-electron chi connectivity index (χ2n) is 5.09. The third-order valence-electron chi connectivity index (χ3n) is 3.46. The van der Waals surface area contributed by atoms with Crippen LogP contribution in [0.25, 0.3) is 0 Å². The minimum Gasteiger partial charge on any atom is -0.478 e. The summed E-state index contributed by atoms with van der Waals surface area (Å²) >= 11 is 0. The molecule has 0 saturated carbocycles. The number of carboxylic acid groups (broad SMARTS) is 1. The van der Waals surface area contributed by atoms with E-state index in [1.54, 1.807) is 6.20 Å². The number of likely N-dealkylation sites (tertiary alicyclic amines) is 1. The van der Waals surface area contributed by atoms with E-state index < -0.39 is 11.9 Å². The van der Waals surface area contributed by atoms with E-state index in [0.29, 0.717) is 5.69 Å². The number of aromatic carboxylic acids is 1. The molecule has 1 aromatic carbocycles. The lowest BCUT2D eigenvalue weighted by molar-refractivity contribution is -0.112. The molecule has 6 nitrogen and oxygen atoms in total. The number of anilines is 1. The number of nitrogens with one attached hydrogen (secondary N) is 1. The van der Waals surface area contributed by atoms with Gasteiger partial charge in [0.1, 0.15) is 11.6 Å². The predicted molar refractivity (Wildman–Crippen MR) is 81.2 cm³/mol. The van der Waals surface area contributed by atoms with E-state index >= 15 is 0 Å². The molecule has 0 aliphatic carbocycles. The summed E-state index contributed by atoms with van der Waals surface area (Å²) in [5.41, 5.74) is 0.640. The van der Waals surface area contributed by atoms with Gasteiger partial charge in [-0.15, -0.1) is 0 Å². The molecule has 1 aliphatic rings. The third kappa shape index (κ3) is 4.09. The molecule has 0 radical (unpaired) electrons. The number of nitrogens with zero attached hydrogens (tertiary/aromatic N) is 2. The fourth-order valence-corrected chi connectivity index (χ4v) is 2.26. The van der Waals surface area contributed by atoms with Gasteiger partial charge in [-0.3, -0.25) is 4.79 Å². The monoisotopic (exact) mass is 299 g/mol. The number of hydrogen-bond donors (Lipinski definition) is 2. The average molecular weight is 299 g/mol. The Morgan fingerprint density at radius 1 is 1.18 bits per heavy atom. The molecule has 0 spiro atoms. The zero-order valence-corrected chi connectivity index (χ0v) is 12.1. The molecule has 0 unspecified atom stereocenters. The first kappa shape index (κ1) is 15.6. The summed E-state index contributed by atoms with van der Waals surface area (Å²) < 4.78 is 0. The van der Waals surface area contributed by atoms with Crippen LogP contribution in [0.2, 0.25) is 0 Å². The normalized spacial score (nSPS) is 15.0. The number of benzene rings is 1. The molecule has 22 heavy (non-hydrogen) atoms. The Morgan fingerprint density at radius 2 is 1.82 bits per heavy atom. The van der Waals surface area contributed by atoms with Gasteiger partial charge in [-0.2, -0.15) is 5.26 Å². The van der Waals surface area contributed by atoms with Crippen LogP contribution in [0.5, 0.6) is 0 Å². The van der Waals surface area contributed by atoms with Crippen LogP contribution in [-0.2, 0) is 4.79 Å². The Labute approximate surface area is 128 Å². The topological polar surface area (TPSA) is 93.4 Å². The zero-order valence-electron chi connectivity index (χ0n) is 12.1. The van der Waals surface area contributed by atoms with Gasteiger partial charge in [-0.05, 0) is 43.5 Å². The Hall–Kier alpha value is -2.81. The maximum atomic E-state index is 12.1. The molecule has 1 aliphatic heterocycles. The van der Waals surface area contributed by atoms with Crippen LogP contribution in [0.15, 0.2) is 36.0 Å². The number of amides is 1. The van der Waals surface area contributed by atoms with Crippen LogP contribution in [0.1, 0.15) is 29.6 Å². The molecular formula is C16H17N3O3. The van der Waals surface area contributed by atoms with Gasteiger partial charge in [-0.1, -0.05) is 0 Å². The number of carbonyl (C=O) groups excluding carboxylic acids is 1. The molecule has 1 amide bonds. The van der Waals surface area contributed by atoms with E-state index in [0.717, 1.165) is 25.9 Å². The van der Waals surface area contributed by atoms with Crippen LogP contribution in [0.4, 0.5) is 5.69 Å². The summed E-state index contributed by atoms with van der Waals surface area (Å²) in [5.74, 6) is -1.52. The first-order valence-electron chi connectivity index (χ1n) is 7.11. The van der Waals surface area contributed by atoms with Gasteiger partial charge in [0, 0.05) is 25.0 Å². The number of nitriles is 1. The molecule has 6 heteroatoms. The summed E-state index contributed by atoms with van der Waals surface area (Å²) in [7, 11) is 0. The molecule has 114 valence electrons. The minimum atomic E-state index is -1.03. The number of carboxylic acids is 1. The maximum Gasteiger partial charge on any atom is 0.335 e. The van der Waals surface area contributed by atoms with Crippen molar-refractivity contribution in [2.75, 3.05) is 18.4 Å². The van der Waals surface area contributed by atoms with Crippen LogP contribution in [-0.4, -0.2) is 35.0 Å². The molecule has 1 saturated heterocycles.